The van der Waals surface area contributed by atoms with Crippen LogP contribution in [0.4, 0.5) is 0 Å². The summed E-state index contributed by atoms with van der Waals surface area (Å²) in [7, 11) is 0. The van der Waals surface area contributed by atoms with E-state index in [1.807, 2.05) is 19.2 Å². The lowest BCUT2D eigenvalue weighted by atomic mass is 9.92. The first-order chi connectivity index (χ1) is 6.87. The second-order valence-electron chi connectivity index (χ2n) is 5.38. The smallest absolute Gasteiger partial charge is 0.129 e. The Morgan fingerprint density at radius 1 is 1.40 bits per heavy atom. The summed E-state index contributed by atoms with van der Waals surface area (Å²) in [4.78, 5) is 8.79. The van der Waals surface area contributed by atoms with Crippen molar-refractivity contribution < 1.29 is 0 Å². The fourth-order valence-corrected chi connectivity index (χ4v) is 1.44. The predicted octanol–water partition coefficient (Wildman–Crippen LogP) is 1.95. The monoisotopic (exact) mass is 207 g/mol. The normalized spacial score (nSPS) is 13.9. The van der Waals surface area contributed by atoms with Gasteiger partial charge in [0.05, 0.1) is 0 Å². The van der Waals surface area contributed by atoms with E-state index in [1.165, 1.54) is 0 Å². The van der Waals surface area contributed by atoms with E-state index in [0.29, 0.717) is 0 Å². The van der Waals surface area contributed by atoms with Crippen LogP contribution in [0.15, 0.2) is 12.3 Å². The van der Waals surface area contributed by atoms with E-state index < -0.39 is 0 Å². The molecule has 84 valence electrons. The molecule has 1 unspecified atom stereocenters. The lowest BCUT2D eigenvalue weighted by Crippen LogP contribution is -2.19. The van der Waals surface area contributed by atoms with Crippen LogP contribution in [0.25, 0.3) is 0 Å². The third kappa shape index (κ3) is 4.88. The van der Waals surface area contributed by atoms with Gasteiger partial charge in [-0.25, -0.2) is 9.97 Å². The van der Waals surface area contributed by atoms with Crippen LogP contribution in [0.2, 0.25) is 0 Å². The number of hydrogen-bond acceptors (Lipinski definition) is 3. The van der Waals surface area contributed by atoms with Gasteiger partial charge in [0.1, 0.15) is 5.82 Å². The summed E-state index contributed by atoms with van der Waals surface area (Å²) in [6.07, 6.45) is 3.55. The highest BCUT2D eigenvalue weighted by Gasteiger charge is 2.13. The quantitative estimate of drug-likeness (QED) is 0.824. The lowest BCUT2D eigenvalue weighted by Gasteiger charge is -2.17. The van der Waals surface area contributed by atoms with Crippen LogP contribution >= 0.6 is 0 Å². The molecule has 0 aromatic carbocycles. The van der Waals surface area contributed by atoms with Crippen molar-refractivity contribution in [2.24, 2.45) is 11.1 Å². The zero-order valence-electron chi connectivity index (χ0n) is 10.1. The summed E-state index contributed by atoms with van der Waals surface area (Å²) in [5, 5.41) is 0. The average Bonchev–Trinajstić information content (AvgIpc) is 1.99. The van der Waals surface area contributed by atoms with Crippen LogP contribution in [0.5, 0.6) is 0 Å². The molecule has 3 nitrogen and oxygen atoms in total. The topological polar surface area (TPSA) is 51.8 Å². The van der Waals surface area contributed by atoms with Crippen LogP contribution in [-0.4, -0.2) is 16.0 Å². The highest BCUT2D eigenvalue weighted by Crippen LogP contribution is 2.18. The van der Waals surface area contributed by atoms with E-state index in [1.54, 1.807) is 0 Å². The minimum Gasteiger partial charge on any atom is -0.328 e. The van der Waals surface area contributed by atoms with Crippen molar-refractivity contribution in [3.8, 4) is 0 Å². The molecule has 2 N–H and O–H groups in total. The van der Waals surface area contributed by atoms with Gasteiger partial charge in [0, 0.05) is 30.8 Å². The van der Waals surface area contributed by atoms with Gasteiger partial charge in [0.15, 0.2) is 0 Å². The SMILES string of the molecule is CC(N)Cc1ccnc(CC(C)(C)C)n1. The third-order valence-electron chi connectivity index (χ3n) is 1.98. The Morgan fingerprint density at radius 3 is 2.60 bits per heavy atom. The van der Waals surface area contributed by atoms with Crippen molar-refractivity contribution in [3.63, 3.8) is 0 Å². The largest absolute Gasteiger partial charge is 0.328 e. The summed E-state index contributed by atoms with van der Waals surface area (Å²) < 4.78 is 0. The number of nitrogens with zero attached hydrogens (tertiary/aromatic N) is 2. The minimum absolute atomic E-state index is 0.155. The van der Waals surface area contributed by atoms with Crippen LogP contribution in [-0.2, 0) is 12.8 Å². The van der Waals surface area contributed by atoms with E-state index >= 15 is 0 Å². The third-order valence-corrected chi connectivity index (χ3v) is 1.98. The fourth-order valence-electron chi connectivity index (χ4n) is 1.44. The van der Waals surface area contributed by atoms with Gasteiger partial charge in [-0.2, -0.15) is 0 Å². The molecule has 1 aromatic rings. The standard InChI is InChI=1S/C12H21N3/c1-9(13)7-10-5-6-14-11(15-10)8-12(2,3)4/h5-6,9H,7-8,13H2,1-4H3. The molecule has 1 heterocycles. The first-order valence-corrected chi connectivity index (χ1v) is 5.43. The minimum atomic E-state index is 0.155. The van der Waals surface area contributed by atoms with Gasteiger partial charge in [-0.15, -0.1) is 0 Å². The van der Waals surface area contributed by atoms with Crippen LogP contribution < -0.4 is 5.73 Å². The molecule has 0 aliphatic rings. The van der Waals surface area contributed by atoms with Gasteiger partial charge in [0.25, 0.3) is 0 Å². The Labute approximate surface area is 92.1 Å². The molecule has 0 saturated carbocycles. The maximum absolute atomic E-state index is 5.74. The van der Waals surface area contributed by atoms with Crippen molar-refractivity contribution in [1.29, 1.82) is 0 Å². The lowest BCUT2D eigenvalue weighted by molar-refractivity contribution is 0.400. The van der Waals surface area contributed by atoms with Gasteiger partial charge in [-0.1, -0.05) is 20.8 Å². The van der Waals surface area contributed by atoms with E-state index in [0.717, 1.165) is 24.4 Å². The van der Waals surface area contributed by atoms with Crippen molar-refractivity contribution in [1.82, 2.24) is 9.97 Å². The Balaban J connectivity index is 2.74. The van der Waals surface area contributed by atoms with E-state index in [4.69, 9.17) is 5.73 Å². The number of aromatic nitrogens is 2. The second-order valence-corrected chi connectivity index (χ2v) is 5.38. The zero-order valence-corrected chi connectivity index (χ0v) is 10.1. The summed E-state index contributed by atoms with van der Waals surface area (Å²) >= 11 is 0. The maximum atomic E-state index is 5.74. The second kappa shape index (κ2) is 4.71. The van der Waals surface area contributed by atoms with Gasteiger partial charge in [-0.3, -0.25) is 0 Å². The molecule has 0 aliphatic carbocycles. The molecule has 0 bridgehead atoms. The van der Waals surface area contributed by atoms with Crippen molar-refractivity contribution in [3.05, 3.63) is 23.8 Å². The van der Waals surface area contributed by atoms with Crippen molar-refractivity contribution >= 4 is 0 Å². The van der Waals surface area contributed by atoms with E-state index in [2.05, 4.69) is 30.7 Å². The van der Waals surface area contributed by atoms with Gasteiger partial charge in [0.2, 0.25) is 0 Å². The molecule has 1 rings (SSSR count). The number of rotatable bonds is 3. The first kappa shape index (κ1) is 12.1. The molecule has 0 spiro atoms. The number of hydrogen-bond donors (Lipinski definition) is 1. The van der Waals surface area contributed by atoms with Crippen molar-refractivity contribution in [2.45, 2.75) is 46.6 Å². The van der Waals surface area contributed by atoms with Crippen LogP contribution in [0.3, 0.4) is 0 Å². The number of nitrogens with two attached hydrogens (primary N) is 1. The molecular formula is C12H21N3. The van der Waals surface area contributed by atoms with Gasteiger partial charge in [-0.05, 0) is 18.4 Å². The maximum Gasteiger partial charge on any atom is 0.129 e. The van der Waals surface area contributed by atoms with Crippen molar-refractivity contribution in [2.75, 3.05) is 0 Å². The molecule has 0 aliphatic heterocycles. The molecule has 1 aromatic heterocycles. The average molecular weight is 207 g/mol. The molecule has 1 atom stereocenters. The first-order valence-electron chi connectivity index (χ1n) is 5.43. The Morgan fingerprint density at radius 2 is 2.07 bits per heavy atom. The molecular weight excluding hydrogens is 186 g/mol. The molecule has 0 amide bonds. The molecule has 0 radical (unpaired) electrons. The Kier molecular flexibility index (Phi) is 3.80. The highest BCUT2D eigenvalue weighted by atomic mass is 14.9. The fraction of sp³-hybridized carbons (Fsp3) is 0.667. The summed E-state index contributed by atoms with van der Waals surface area (Å²) in [6, 6.07) is 2.09. The van der Waals surface area contributed by atoms with Crippen LogP contribution in [0, 0.1) is 5.41 Å². The Hall–Kier alpha value is -0.960. The van der Waals surface area contributed by atoms with Gasteiger partial charge < -0.3 is 5.73 Å². The summed E-state index contributed by atoms with van der Waals surface area (Å²) in [5.74, 6) is 0.917. The predicted molar refractivity (Wildman–Crippen MR) is 62.5 cm³/mol. The summed E-state index contributed by atoms with van der Waals surface area (Å²) in [6.45, 7) is 8.56. The highest BCUT2D eigenvalue weighted by molar-refractivity contribution is 5.04. The molecule has 0 saturated heterocycles. The van der Waals surface area contributed by atoms with E-state index in [-0.39, 0.29) is 11.5 Å². The molecule has 15 heavy (non-hydrogen) atoms. The Bertz CT molecular complexity index is 313. The van der Waals surface area contributed by atoms with Crippen LogP contribution in [0.1, 0.15) is 39.2 Å². The zero-order chi connectivity index (χ0) is 11.5. The van der Waals surface area contributed by atoms with Gasteiger partial charge >= 0.3 is 0 Å². The van der Waals surface area contributed by atoms with E-state index in [9.17, 15) is 0 Å². The summed E-state index contributed by atoms with van der Waals surface area (Å²) in [5.41, 5.74) is 7.01. The molecule has 0 fully saturated rings. The molecule has 3 heteroatoms.